The number of urea groups is 1. The van der Waals surface area contributed by atoms with Crippen molar-refractivity contribution < 1.29 is 28.2 Å². The summed E-state index contributed by atoms with van der Waals surface area (Å²) < 4.78 is 33.0. The summed E-state index contributed by atoms with van der Waals surface area (Å²) in [7, 11) is 0. The molecule has 0 unspecified atom stereocenters. The number of aliphatic carboxylic acids is 1. The molecule has 0 radical (unpaired) electrons. The number of halogens is 2. The quantitative estimate of drug-likeness (QED) is 0.527. The van der Waals surface area contributed by atoms with Crippen molar-refractivity contribution in [2.45, 2.75) is 52.2 Å². The van der Waals surface area contributed by atoms with Crippen molar-refractivity contribution >= 4 is 12.0 Å². The van der Waals surface area contributed by atoms with Gasteiger partial charge in [-0.3, -0.25) is 4.79 Å². The van der Waals surface area contributed by atoms with Gasteiger partial charge in [-0.1, -0.05) is 25.1 Å². The monoisotopic (exact) mass is 477 g/mol. The maximum absolute atomic E-state index is 14.2. The number of ether oxygens (including phenoxy) is 1. The lowest BCUT2D eigenvalue weighted by atomic mass is 10.0. The number of nitrogens with zero attached hydrogens (tertiary/aromatic N) is 1. The first-order valence-corrected chi connectivity index (χ1v) is 11.4. The van der Waals surface area contributed by atoms with Crippen LogP contribution >= 0.6 is 0 Å². The number of carboxylic acid groups (broad SMARTS) is 1. The smallest absolute Gasteiger partial charge is 0.318 e. The van der Waals surface area contributed by atoms with Crippen molar-refractivity contribution in [3.8, 4) is 5.75 Å². The molecular formula is C25H33F2N3O4. The normalized spacial score (nSPS) is 13.4. The van der Waals surface area contributed by atoms with Crippen LogP contribution in [0.1, 0.15) is 44.2 Å². The van der Waals surface area contributed by atoms with Gasteiger partial charge in [0.1, 0.15) is 17.4 Å². The van der Waals surface area contributed by atoms with Crippen LogP contribution in [-0.4, -0.2) is 47.7 Å². The highest BCUT2D eigenvalue weighted by atomic mass is 19.1. The summed E-state index contributed by atoms with van der Waals surface area (Å²) >= 11 is 0. The molecule has 1 aliphatic heterocycles. The van der Waals surface area contributed by atoms with E-state index < -0.39 is 17.6 Å². The van der Waals surface area contributed by atoms with Crippen LogP contribution in [0, 0.1) is 11.6 Å². The van der Waals surface area contributed by atoms with Gasteiger partial charge in [-0.15, -0.1) is 0 Å². The van der Waals surface area contributed by atoms with Crippen molar-refractivity contribution in [3.63, 3.8) is 0 Å². The van der Waals surface area contributed by atoms with E-state index in [1.165, 1.54) is 12.1 Å². The highest BCUT2D eigenvalue weighted by molar-refractivity contribution is 5.74. The number of amides is 2. The van der Waals surface area contributed by atoms with Crippen LogP contribution in [0.25, 0.3) is 0 Å². The predicted molar refractivity (Wildman–Crippen MR) is 126 cm³/mol. The Labute approximate surface area is 199 Å². The predicted octanol–water partition coefficient (Wildman–Crippen LogP) is 4.31. The molecule has 3 N–H and O–H groups in total. The fourth-order valence-electron chi connectivity index (χ4n) is 3.52. The SMILES string of the molecule is CC(=O)O.CCCOc1ccc(CNC(=O)N(Cc2ccc(F)cc2F)C2CCNCC2)cc1. The Bertz CT molecular complexity index is 915. The number of carbonyl (C=O) groups excluding carboxylic acids is 1. The molecule has 3 rings (SSSR count). The molecule has 1 aliphatic rings. The number of nitrogens with one attached hydrogen (secondary N) is 2. The van der Waals surface area contributed by atoms with E-state index in [0.29, 0.717) is 18.7 Å². The second-order valence-electron chi connectivity index (χ2n) is 8.01. The topological polar surface area (TPSA) is 90.9 Å². The van der Waals surface area contributed by atoms with E-state index in [1.54, 1.807) is 4.90 Å². The first-order chi connectivity index (χ1) is 16.3. The molecule has 7 nitrogen and oxygen atoms in total. The molecule has 1 saturated heterocycles. The number of benzene rings is 2. The molecule has 2 aromatic carbocycles. The van der Waals surface area contributed by atoms with Crippen LogP contribution in [0.15, 0.2) is 42.5 Å². The summed E-state index contributed by atoms with van der Waals surface area (Å²) in [4.78, 5) is 23.6. The zero-order chi connectivity index (χ0) is 24.9. The maximum Gasteiger partial charge on any atom is 0.318 e. The van der Waals surface area contributed by atoms with Crippen molar-refractivity contribution in [1.82, 2.24) is 15.5 Å². The summed E-state index contributed by atoms with van der Waals surface area (Å²) in [5, 5.41) is 13.6. The Morgan fingerprint density at radius 1 is 1.15 bits per heavy atom. The van der Waals surface area contributed by atoms with Crippen LogP contribution < -0.4 is 15.4 Å². The largest absolute Gasteiger partial charge is 0.494 e. The molecule has 0 spiro atoms. The zero-order valence-corrected chi connectivity index (χ0v) is 19.7. The van der Waals surface area contributed by atoms with Gasteiger partial charge >= 0.3 is 6.03 Å². The zero-order valence-electron chi connectivity index (χ0n) is 19.7. The van der Waals surface area contributed by atoms with Crippen molar-refractivity contribution in [1.29, 1.82) is 0 Å². The third kappa shape index (κ3) is 9.35. The van der Waals surface area contributed by atoms with E-state index in [9.17, 15) is 13.6 Å². The lowest BCUT2D eigenvalue weighted by Gasteiger charge is -2.35. The number of carbonyl (C=O) groups is 2. The van der Waals surface area contributed by atoms with E-state index in [1.807, 2.05) is 24.3 Å². The first kappa shape index (κ1) is 27.0. The molecule has 9 heteroatoms. The van der Waals surface area contributed by atoms with Crippen LogP contribution in [0.5, 0.6) is 5.75 Å². The standard InChI is InChI=1S/C23H29F2N3O2.C2H4O2/c1-2-13-30-21-7-3-17(4-8-21)15-27-23(29)28(20-9-11-26-12-10-20)16-18-5-6-19(24)14-22(18)25;1-2(3)4/h3-8,14,20,26H,2,9-13,15-16H2,1H3,(H,27,29);1H3,(H,3,4). The minimum absolute atomic E-state index is 0.000484. The molecule has 0 aliphatic carbocycles. The molecule has 1 heterocycles. The fourth-order valence-corrected chi connectivity index (χ4v) is 3.52. The van der Waals surface area contributed by atoms with Gasteiger partial charge in [-0.2, -0.15) is 0 Å². The van der Waals surface area contributed by atoms with Gasteiger partial charge in [0.25, 0.3) is 5.97 Å². The number of hydrogen-bond acceptors (Lipinski definition) is 4. The molecular weight excluding hydrogens is 444 g/mol. The average molecular weight is 478 g/mol. The van der Waals surface area contributed by atoms with Gasteiger partial charge in [-0.05, 0) is 56.1 Å². The van der Waals surface area contributed by atoms with E-state index >= 15 is 0 Å². The molecule has 0 aromatic heterocycles. The third-order valence-corrected chi connectivity index (χ3v) is 5.21. The van der Waals surface area contributed by atoms with Crippen molar-refractivity contribution in [2.24, 2.45) is 0 Å². The molecule has 1 fully saturated rings. The third-order valence-electron chi connectivity index (χ3n) is 5.21. The van der Waals surface area contributed by atoms with Crippen molar-refractivity contribution in [2.75, 3.05) is 19.7 Å². The van der Waals surface area contributed by atoms with Crippen LogP contribution in [0.3, 0.4) is 0 Å². The summed E-state index contributed by atoms with van der Waals surface area (Å²) in [6.45, 7) is 5.88. The lowest BCUT2D eigenvalue weighted by molar-refractivity contribution is -0.134. The van der Waals surface area contributed by atoms with Gasteiger partial charge in [0.15, 0.2) is 0 Å². The molecule has 34 heavy (non-hydrogen) atoms. The van der Waals surface area contributed by atoms with Crippen LogP contribution in [-0.2, 0) is 17.9 Å². The highest BCUT2D eigenvalue weighted by Crippen LogP contribution is 2.19. The van der Waals surface area contributed by atoms with Gasteiger partial charge in [0.05, 0.1) is 13.2 Å². The molecule has 0 atom stereocenters. The fraction of sp³-hybridized carbons (Fsp3) is 0.440. The summed E-state index contributed by atoms with van der Waals surface area (Å²) in [5.74, 6) is -1.29. The molecule has 0 saturated carbocycles. The van der Waals surface area contributed by atoms with Crippen LogP contribution in [0.2, 0.25) is 0 Å². The van der Waals surface area contributed by atoms with Gasteiger partial charge < -0.3 is 25.4 Å². The summed E-state index contributed by atoms with van der Waals surface area (Å²) in [5.41, 5.74) is 1.26. The van der Waals surface area contributed by atoms with Gasteiger partial charge in [-0.25, -0.2) is 13.6 Å². The minimum Gasteiger partial charge on any atom is -0.494 e. The van der Waals surface area contributed by atoms with E-state index in [4.69, 9.17) is 14.6 Å². The number of carboxylic acids is 1. The minimum atomic E-state index is -0.833. The number of rotatable bonds is 8. The van der Waals surface area contributed by atoms with Gasteiger partial charge in [0.2, 0.25) is 0 Å². The molecule has 2 aromatic rings. The van der Waals surface area contributed by atoms with Gasteiger partial charge in [0, 0.05) is 31.1 Å². The van der Waals surface area contributed by atoms with Crippen molar-refractivity contribution in [3.05, 3.63) is 65.2 Å². The van der Waals surface area contributed by atoms with Crippen LogP contribution in [0.4, 0.5) is 13.6 Å². The molecule has 186 valence electrons. The maximum atomic E-state index is 14.2. The number of hydrogen-bond donors (Lipinski definition) is 3. The Morgan fingerprint density at radius 2 is 1.79 bits per heavy atom. The second-order valence-corrected chi connectivity index (χ2v) is 8.01. The summed E-state index contributed by atoms with van der Waals surface area (Å²) in [6.07, 6.45) is 2.53. The molecule has 2 amide bonds. The average Bonchev–Trinajstić information content (AvgIpc) is 2.81. The highest BCUT2D eigenvalue weighted by Gasteiger charge is 2.26. The van der Waals surface area contributed by atoms with E-state index in [0.717, 1.165) is 56.7 Å². The van der Waals surface area contributed by atoms with E-state index in [-0.39, 0.29) is 18.6 Å². The summed E-state index contributed by atoms with van der Waals surface area (Å²) in [6, 6.07) is 10.8. The Balaban J connectivity index is 0.000000945. The Hall–Kier alpha value is -3.20. The second kappa shape index (κ2) is 14.1. The molecule has 0 bridgehead atoms. The number of piperidine rings is 1. The first-order valence-electron chi connectivity index (χ1n) is 11.4. The van der Waals surface area contributed by atoms with E-state index in [2.05, 4.69) is 17.6 Å². The Kier molecular flexibility index (Phi) is 11.3. The lowest BCUT2D eigenvalue weighted by Crippen LogP contribution is -2.49. The Morgan fingerprint density at radius 3 is 2.38 bits per heavy atom.